The molecular formula is C13H21NO10S. The molecule has 1 aliphatic rings. The quantitative estimate of drug-likeness (QED) is 0.390. The summed E-state index contributed by atoms with van der Waals surface area (Å²) in [5.74, 6) is -2.06. The first-order chi connectivity index (χ1) is 11.4. The molecule has 0 radical (unpaired) electrons. The second kappa shape index (κ2) is 8.56. The van der Waals surface area contributed by atoms with Gasteiger partial charge in [-0.2, -0.15) is 8.42 Å². The van der Waals surface area contributed by atoms with E-state index in [1.165, 1.54) is 0 Å². The van der Waals surface area contributed by atoms with E-state index in [1.807, 2.05) is 0 Å². The lowest BCUT2D eigenvalue weighted by Crippen LogP contribution is -2.66. The molecule has 12 heteroatoms. The van der Waals surface area contributed by atoms with Crippen molar-refractivity contribution >= 4 is 28.0 Å². The zero-order valence-corrected chi connectivity index (χ0v) is 14.9. The number of carbonyl (C=O) groups excluding carboxylic acids is 3. The van der Waals surface area contributed by atoms with Gasteiger partial charge in [-0.05, 0) is 0 Å². The number of carbonyl (C=O) groups is 3. The Bertz CT molecular complexity index is 618. The van der Waals surface area contributed by atoms with Gasteiger partial charge < -0.3 is 24.6 Å². The monoisotopic (exact) mass is 383 g/mol. The van der Waals surface area contributed by atoms with Crippen LogP contribution < -0.4 is 5.32 Å². The van der Waals surface area contributed by atoms with Crippen LogP contribution in [0.3, 0.4) is 0 Å². The predicted molar refractivity (Wildman–Crippen MR) is 80.4 cm³/mol. The molecule has 0 aromatic rings. The van der Waals surface area contributed by atoms with Gasteiger partial charge in [0.25, 0.3) is 10.1 Å². The van der Waals surface area contributed by atoms with Gasteiger partial charge in [0.1, 0.15) is 24.9 Å². The lowest BCUT2D eigenvalue weighted by Gasteiger charge is -2.43. The van der Waals surface area contributed by atoms with Crippen LogP contribution in [0.4, 0.5) is 0 Å². The van der Waals surface area contributed by atoms with Gasteiger partial charge in [-0.15, -0.1) is 0 Å². The highest BCUT2D eigenvalue weighted by atomic mass is 32.2. The van der Waals surface area contributed by atoms with Gasteiger partial charge in [0.05, 0.1) is 6.26 Å². The summed E-state index contributed by atoms with van der Waals surface area (Å²) in [5, 5.41) is 12.4. The van der Waals surface area contributed by atoms with Crippen molar-refractivity contribution in [2.75, 3.05) is 12.9 Å². The molecule has 0 aromatic heterocycles. The number of aliphatic hydroxyl groups excluding tert-OH is 1. The van der Waals surface area contributed by atoms with Crippen molar-refractivity contribution < 1.29 is 46.3 Å². The van der Waals surface area contributed by atoms with Crippen LogP contribution in [0.5, 0.6) is 0 Å². The summed E-state index contributed by atoms with van der Waals surface area (Å²) in [5.41, 5.74) is 0. The minimum atomic E-state index is -4.06. The summed E-state index contributed by atoms with van der Waals surface area (Å²) in [6.45, 7) is 2.90. The summed E-state index contributed by atoms with van der Waals surface area (Å²) in [6, 6.07) is -1.34. The van der Waals surface area contributed by atoms with Crippen LogP contribution in [0.2, 0.25) is 0 Å². The number of nitrogens with one attached hydrogen (secondary N) is 1. The molecule has 1 heterocycles. The minimum Gasteiger partial charge on any atom is -0.463 e. The van der Waals surface area contributed by atoms with E-state index in [9.17, 15) is 27.9 Å². The molecule has 1 saturated heterocycles. The Hall–Kier alpha value is -1.76. The van der Waals surface area contributed by atoms with E-state index in [0.29, 0.717) is 0 Å². The highest BCUT2D eigenvalue weighted by molar-refractivity contribution is 7.86. The molecule has 25 heavy (non-hydrogen) atoms. The second-order valence-electron chi connectivity index (χ2n) is 5.43. The smallest absolute Gasteiger partial charge is 0.303 e. The fourth-order valence-corrected chi connectivity index (χ4v) is 2.92. The van der Waals surface area contributed by atoms with Gasteiger partial charge in [-0.25, -0.2) is 0 Å². The lowest BCUT2D eigenvalue weighted by atomic mass is 9.96. The van der Waals surface area contributed by atoms with Crippen molar-refractivity contribution in [3.05, 3.63) is 0 Å². The van der Waals surface area contributed by atoms with Crippen LogP contribution in [-0.2, 0) is 42.9 Å². The van der Waals surface area contributed by atoms with Gasteiger partial charge in [-0.3, -0.25) is 18.6 Å². The van der Waals surface area contributed by atoms with Gasteiger partial charge in [0.15, 0.2) is 12.4 Å². The van der Waals surface area contributed by atoms with E-state index in [-0.39, 0.29) is 0 Å². The number of amides is 1. The van der Waals surface area contributed by atoms with Crippen molar-refractivity contribution in [2.45, 2.75) is 51.4 Å². The van der Waals surface area contributed by atoms with Crippen molar-refractivity contribution in [2.24, 2.45) is 0 Å². The van der Waals surface area contributed by atoms with Gasteiger partial charge >= 0.3 is 11.9 Å². The molecule has 144 valence electrons. The van der Waals surface area contributed by atoms with E-state index in [2.05, 4.69) is 5.32 Å². The van der Waals surface area contributed by atoms with E-state index in [0.717, 1.165) is 27.0 Å². The van der Waals surface area contributed by atoms with Gasteiger partial charge in [0, 0.05) is 20.8 Å². The molecule has 0 unspecified atom stereocenters. The molecular weight excluding hydrogens is 362 g/mol. The van der Waals surface area contributed by atoms with E-state index < -0.39 is 65.2 Å². The van der Waals surface area contributed by atoms with Crippen LogP contribution in [0.15, 0.2) is 0 Å². The van der Waals surface area contributed by atoms with Crippen LogP contribution in [0, 0.1) is 0 Å². The number of ether oxygens (including phenoxy) is 3. The van der Waals surface area contributed by atoms with E-state index in [4.69, 9.17) is 18.4 Å². The third kappa shape index (κ3) is 6.94. The molecule has 2 N–H and O–H groups in total. The van der Waals surface area contributed by atoms with Crippen LogP contribution >= 0.6 is 0 Å². The average molecular weight is 383 g/mol. The summed E-state index contributed by atoms with van der Waals surface area (Å²) >= 11 is 0. The highest BCUT2D eigenvalue weighted by Crippen LogP contribution is 2.27. The van der Waals surface area contributed by atoms with Crippen LogP contribution in [-0.4, -0.2) is 74.9 Å². The van der Waals surface area contributed by atoms with Crippen molar-refractivity contribution in [1.29, 1.82) is 0 Å². The Morgan fingerprint density at radius 2 is 1.72 bits per heavy atom. The summed E-state index contributed by atoms with van der Waals surface area (Å²) in [6.07, 6.45) is -5.01. The van der Waals surface area contributed by atoms with Crippen molar-refractivity contribution in [3.63, 3.8) is 0 Å². The first-order valence-corrected chi connectivity index (χ1v) is 9.02. The lowest BCUT2D eigenvalue weighted by molar-refractivity contribution is -0.256. The maximum atomic E-state index is 11.6. The third-order valence-corrected chi connectivity index (χ3v) is 3.65. The standard InChI is InChI=1S/C13H21NO10S/c1-6(15)14-10-12(24-25(4,19)20)11(22-8(3)17)9(23-13(10)18)5-21-7(2)16/h9-13,18H,5H2,1-4H3,(H,14,15)/t9-,10+,11-,12-,13+/m1/s1. The highest BCUT2D eigenvalue weighted by Gasteiger charge is 2.50. The Labute approximate surface area is 144 Å². The molecule has 0 aromatic carbocycles. The third-order valence-electron chi connectivity index (χ3n) is 3.07. The molecule has 0 bridgehead atoms. The number of aliphatic hydroxyl groups is 1. The van der Waals surface area contributed by atoms with Gasteiger partial charge in [0.2, 0.25) is 5.91 Å². The maximum absolute atomic E-state index is 11.6. The van der Waals surface area contributed by atoms with E-state index in [1.54, 1.807) is 0 Å². The molecule has 1 fully saturated rings. The first-order valence-electron chi connectivity index (χ1n) is 7.20. The topological polar surface area (TPSA) is 155 Å². The van der Waals surface area contributed by atoms with E-state index >= 15 is 0 Å². The molecule has 5 atom stereocenters. The Morgan fingerprint density at radius 1 is 1.12 bits per heavy atom. The average Bonchev–Trinajstić information content (AvgIpc) is 2.41. The summed E-state index contributed by atoms with van der Waals surface area (Å²) in [4.78, 5) is 33.7. The van der Waals surface area contributed by atoms with Crippen LogP contribution in [0.25, 0.3) is 0 Å². The molecule has 1 amide bonds. The molecule has 11 nitrogen and oxygen atoms in total. The Morgan fingerprint density at radius 3 is 2.16 bits per heavy atom. The molecule has 0 saturated carbocycles. The predicted octanol–water partition coefficient (Wildman–Crippen LogP) is -1.95. The van der Waals surface area contributed by atoms with Crippen LogP contribution in [0.1, 0.15) is 20.8 Å². The zero-order valence-electron chi connectivity index (χ0n) is 14.1. The summed E-state index contributed by atoms with van der Waals surface area (Å²) in [7, 11) is -4.06. The summed E-state index contributed by atoms with van der Waals surface area (Å²) < 4.78 is 43.1. The second-order valence-corrected chi connectivity index (χ2v) is 7.03. The number of hydrogen-bond acceptors (Lipinski definition) is 10. The molecule has 1 aliphatic heterocycles. The number of rotatable bonds is 6. The largest absolute Gasteiger partial charge is 0.463 e. The fraction of sp³-hybridized carbons (Fsp3) is 0.769. The SMILES string of the molecule is CC(=O)N[C@H]1[C@@H](OS(C)(=O)=O)[C@H](OC(C)=O)[C@@H](COC(C)=O)O[C@@H]1O. The Balaban J connectivity index is 3.20. The van der Waals surface area contributed by atoms with Crippen molar-refractivity contribution in [3.8, 4) is 0 Å². The zero-order chi connectivity index (χ0) is 19.4. The molecule has 1 rings (SSSR count). The minimum absolute atomic E-state index is 0.430. The van der Waals surface area contributed by atoms with Crippen molar-refractivity contribution in [1.82, 2.24) is 5.32 Å². The number of hydrogen-bond donors (Lipinski definition) is 2. The maximum Gasteiger partial charge on any atom is 0.303 e. The molecule has 0 spiro atoms. The fourth-order valence-electron chi connectivity index (χ4n) is 2.29. The first kappa shape index (κ1) is 21.3. The molecule has 0 aliphatic carbocycles. The normalized spacial score (nSPS) is 29.6. The number of esters is 2. The Kier molecular flexibility index (Phi) is 7.29. The van der Waals surface area contributed by atoms with Gasteiger partial charge in [-0.1, -0.05) is 0 Å².